The van der Waals surface area contributed by atoms with Crippen LogP contribution in [-0.4, -0.2) is 31.1 Å². The van der Waals surface area contributed by atoms with E-state index in [0.29, 0.717) is 13.0 Å². The third-order valence-corrected chi connectivity index (χ3v) is 2.35. The highest BCUT2D eigenvalue weighted by atomic mass is 16.5. The van der Waals surface area contributed by atoms with Gasteiger partial charge in [-0.25, -0.2) is 0 Å². The highest BCUT2D eigenvalue weighted by Crippen LogP contribution is 2.01. The van der Waals surface area contributed by atoms with Gasteiger partial charge in [0.1, 0.15) is 6.54 Å². The number of nitrogens with two attached hydrogens (primary N) is 1. The van der Waals surface area contributed by atoms with Crippen LogP contribution in [0, 0.1) is 0 Å². The summed E-state index contributed by atoms with van der Waals surface area (Å²) >= 11 is 0. The van der Waals surface area contributed by atoms with Crippen molar-refractivity contribution < 1.29 is 14.3 Å². The van der Waals surface area contributed by atoms with Gasteiger partial charge in [-0.1, -0.05) is 30.3 Å². The Morgan fingerprint density at radius 2 is 2.00 bits per heavy atom. The van der Waals surface area contributed by atoms with Crippen LogP contribution in [0.1, 0.15) is 12.5 Å². The van der Waals surface area contributed by atoms with E-state index in [0.717, 1.165) is 5.56 Å². The van der Waals surface area contributed by atoms with Gasteiger partial charge in [0, 0.05) is 0 Å². The molecule has 0 fully saturated rings. The topological polar surface area (TPSA) is 81.4 Å². The molecule has 0 spiro atoms. The zero-order valence-electron chi connectivity index (χ0n) is 10.4. The molecule has 1 unspecified atom stereocenters. The molecule has 3 N–H and O–H groups in total. The molecule has 1 aromatic rings. The summed E-state index contributed by atoms with van der Waals surface area (Å²) in [5.74, 6) is -0.815. The van der Waals surface area contributed by atoms with Crippen LogP contribution in [0.4, 0.5) is 0 Å². The number of nitrogens with one attached hydrogen (secondary N) is 1. The number of rotatable bonds is 6. The monoisotopic (exact) mass is 250 g/mol. The molecule has 18 heavy (non-hydrogen) atoms. The number of carbonyl (C=O) groups excluding carboxylic acids is 2. The zero-order chi connectivity index (χ0) is 13.4. The van der Waals surface area contributed by atoms with Gasteiger partial charge in [-0.15, -0.1) is 0 Å². The molecular weight excluding hydrogens is 232 g/mol. The maximum absolute atomic E-state index is 11.6. The molecule has 1 atom stereocenters. The Kier molecular flexibility index (Phi) is 5.87. The molecule has 0 bridgehead atoms. The van der Waals surface area contributed by atoms with Crippen molar-refractivity contribution in [1.82, 2.24) is 5.32 Å². The summed E-state index contributed by atoms with van der Waals surface area (Å²) in [6, 6.07) is 8.81. The lowest BCUT2D eigenvalue weighted by Gasteiger charge is -2.11. The van der Waals surface area contributed by atoms with E-state index in [1.165, 1.54) is 0 Å². The van der Waals surface area contributed by atoms with Crippen molar-refractivity contribution in [2.45, 2.75) is 19.4 Å². The largest absolute Gasteiger partial charge is 0.465 e. The van der Waals surface area contributed by atoms with Crippen LogP contribution in [-0.2, 0) is 20.7 Å². The van der Waals surface area contributed by atoms with Crippen LogP contribution in [0.25, 0.3) is 0 Å². The minimum absolute atomic E-state index is 0.144. The molecule has 0 aliphatic carbocycles. The molecule has 0 radical (unpaired) electrons. The number of ether oxygens (including phenoxy) is 1. The van der Waals surface area contributed by atoms with Gasteiger partial charge in [-0.3, -0.25) is 9.59 Å². The fourth-order valence-corrected chi connectivity index (χ4v) is 1.46. The lowest BCUT2D eigenvalue weighted by Crippen LogP contribution is -2.44. The average molecular weight is 250 g/mol. The molecule has 98 valence electrons. The SMILES string of the molecule is CCOC(=O)CNC(=O)C(N)Cc1ccccc1. The normalized spacial score (nSPS) is 11.7. The molecule has 1 rings (SSSR count). The van der Waals surface area contributed by atoms with Gasteiger partial charge in [0.25, 0.3) is 0 Å². The molecule has 5 heteroatoms. The van der Waals surface area contributed by atoms with Gasteiger partial charge in [-0.2, -0.15) is 0 Å². The van der Waals surface area contributed by atoms with Gasteiger partial charge < -0.3 is 15.8 Å². The van der Waals surface area contributed by atoms with Crippen LogP contribution >= 0.6 is 0 Å². The number of hydrogen-bond acceptors (Lipinski definition) is 4. The van der Waals surface area contributed by atoms with Crippen LogP contribution < -0.4 is 11.1 Å². The van der Waals surface area contributed by atoms with E-state index in [2.05, 4.69) is 5.32 Å². The van der Waals surface area contributed by atoms with Gasteiger partial charge in [0.05, 0.1) is 12.6 Å². The fourth-order valence-electron chi connectivity index (χ4n) is 1.46. The van der Waals surface area contributed by atoms with Crippen molar-refractivity contribution in [3.8, 4) is 0 Å². The first-order valence-electron chi connectivity index (χ1n) is 5.86. The van der Waals surface area contributed by atoms with Crippen molar-refractivity contribution >= 4 is 11.9 Å². The first-order chi connectivity index (χ1) is 8.63. The van der Waals surface area contributed by atoms with Gasteiger partial charge in [0.15, 0.2) is 0 Å². The van der Waals surface area contributed by atoms with Crippen molar-refractivity contribution in [2.75, 3.05) is 13.2 Å². The number of hydrogen-bond donors (Lipinski definition) is 2. The summed E-state index contributed by atoms with van der Waals surface area (Å²) in [5, 5.41) is 2.45. The third kappa shape index (κ3) is 4.97. The molecule has 0 aliphatic rings. The van der Waals surface area contributed by atoms with Crippen LogP contribution in [0.15, 0.2) is 30.3 Å². The number of carbonyl (C=O) groups is 2. The molecule has 0 aromatic heterocycles. The number of esters is 1. The minimum atomic E-state index is -0.665. The predicted octanol–water partition coefficient (Wildman–Crippen LogP) is 0.236. The Morgan fingerprint density at radius 1 is 1.33 bits per heavy atom. The smallest absolute Gasteiger partial charge is 0.325 e. The van der Waals surface area contributed by atoms with E-state index >= 15 is 0 Å². The van der Waals surface area contributed by atoms with Crippen LogP contribution in [0.3, 0.4) is 0 Å². The van der Waals surface area contributed by atoms with Crippen molar-refractivity contribution in [2.24, 2.45) is 5.73 Å². The molecule has 1 aromatic carbocycles. The second-order valence-electron chi connectivity index (χ2n) is 3.82. The summed E-state index contributed by atoms with van der Waals surface area (Å²) in [5.41, 5.74) is 6.73. The molecule has 5 nitrogen and oxygen atoms in total. The molecule has 0 saturated heterocycles. The van der Waals surface area contributed by atoms with Gasteiger partial charge in [0.2, 0.25) is 5.91 Å². The standard InChI is InChI=1S/C13H18N2O3/c1-2-18-12(16)9-15-13(17)11(14)8-10-6-4-3-5-7-10/h3-7,11H,2,8-9,14H2,1H3,(H,15,17). The quantitative estimate of drug-likeness (QED) is 0.708. The van der Waals surface area contributed by atoms with Crippen molar-refractivity contribution in [3.05, 3.63) is 35.9 Å². The highest BCUT2D eigenvalue weighted by molar-refractivity contribution is 5.85. The lowest BCUT2D eigenvalue weighted by atomic mass is 10.1. The van der Waals surface area contributed by atoms with Crippen molar-refractivity contribution in [1.29, 1.82) is 0 Å². The predicted molar refractivity (Wildman–Crippen MR) is 67.8 cm³/mol. The molecule has 0 saturated carbocycles. The zero-order valence-corrected chi connectivity index (χ0v) is 10.4. The van der Waals surface area contributed by atoms with E-state index in [1.54, 1.807) is 6.92 Å². The summed E-state index contributed by atoms with van der Waals surface area (Å²) in [7, 11) is 0. The molecule has 0 heterocycles. The Balaban J connectivity index is 2.35. The average Bonchev–Trinajstić information content (AvgIpc) is 2.37. The van der Waals surface area contributed by atoms with Crippen LogP contribution in [0.2, 0.25) is 0 Å². The Morgan fingerprint density at radius 3 is 2.61 bits per heavy atom. The summed E-state index contributed by atoms with van der Waals surface area (Å²) in [6.45, 7) is 1.86. The lowest BCUT2D eigenvalue weighted by molar-refractivity contribution is -0.143. The fraction of sp³-hybridized carbons (Fsp3) is 0.385. The highest BCUT2D eigenvalue weighted by Gasteiger charge is 2.14. The summed E-state index contributed by atoms with van der Waals surface area (Å²) < 4.78 is 4.70. The van der Waals surface area contributed by atoms with E-state index in [-0.39, 0.29) is 12.5 Å². The van der Waals surface area contributed by atoms with E-state index in [1.807, 2.05) is 30.3 Å². The van der Waals surface area contributed by atoms with E-state index in [9.17, 15) is 9.59 Å². The van der Waals surface area contributed by atoms with Crippen molar-refractivity contribution in [3.63, 3.8) is 0 Å². The van der Waals surface area contributed by atoms with E-state index in [4.69, 9.17) is 10.5 Å². The Hall–Kier alpha value is -1.88. The minimum Gasteiger partial charge on any atom is -0.465 e. The first-order valence-corrected chi connectivity index (χ1v) is 5.86. The molecule has 0 aliphatic heterocycles. The second kappa shape index (κ2) is 7.45. The van der Waals surface area contributed by atoms with Crippen LogP contribution in [0.5, 0.6) is 0 Å². The first kappa shape index (κ1) is 14.2. The summed E-state index contributed by atoms with van der Waals surface area (Å²) in [4.78, 5) is 22.7. The second-order valence-corrected chi connectivity index (χ2v) is 3.82. The molecular formula is C13H18N2O3. The third-order valence-electron chi connectivity index (χ3n) is 2.35. The van der Waals surface area contributed by atoms with Gasteiger partial charge >= 0.3 is 5.97 Å². The number of benzene rings is 1. The Labute approximate surface area is 106 Å². The maximum atomic E-state index is 11.6. The molecule has 1 amide bonds. The summed E-state index contributed by atoms with van der Waals surface area (Å²) in [6.07, 6.45) is 0.440. The number of amides is 1. The Bertz CT molecular complexity index is 392. The van der Waals surface area contributed by atoms with Gasteiger partial charge in [-0.05, 0) is 18.9 Å². The van der Waals surface area contributed by atoms with E-state index < -0.39 is 12.0 Å². The maximum Gasteiger partial charge on any atom is 0.325 e.